The van der Waals surface area contributed by atoms with Crippen molar-refractivity contribution in [2.45, 2.75) is 19.1 Å². The van der Waals surface area contributed by atoms with Gasteiger partial charge in [-0.05, 0) is 29.3 Å². The zero-order chi connectivity index (χ0) is 17.0. The summed E-state index contributed by atoms with van der Waals surface area (Å²) in [6.45, 7) is -0.132. The normalized spacial score (nSPS) is 11.3. The molecule has 0 radical (unpaired) electrons. The van der Waals surface area contributed by atoms with Crippen LogP contribution in [-0.4, -0.2) is 23.0 Å². The molecule has 122 valence electrons. The summed E-state index contributed by atoms with van der Waals surface area (Å²) < 4.78 is 38.9. The number of alkyl halides is 3. The van der Waals surface area contributed by atoms with E-state index in [0.29, 0.717) is 5.56 Å². The van der Waals surface area contributed by atoms with Gasteiger partial charge in [0.1, 0.15) is 5.75 Å². The summed E-state index contributed by atoms with van der Waals surface area (Å²) in [4.78, 5) is 13.4. The SMILES string of the molecule is CN(Cc1ccccc1C(F)(F)F)C(=O)Cc1cccc(O)c1. The smallest absolute Gasteiger partial charge is 0.416 e. The second kappa shape index (κ2) is 6.73. The Balaban J connectivity index is 2.10. The molecule has 0 aromatic heterocycles. The number of likely N-dealkylation sites (N-methyl/N-ethyl adjacent to an activating group) is 1. The fraction of sp³-hybridized carbons (Fsp3) is 0.235. The predicted molar refractivity (Wildman–Crippen MR) is 79.7 cm³/mol. The Kier molecular flexibility index (Phi) is 4.93. The summed E-state index contributed by atoms with van der Waals surface area (Å²) in [5.41, 5.74) is -0.0882. The number of phenols is 1. The van der Waals surface area contributed by atoms with E-state index < -0.39 is 11.7 Å². The van der Waals surface area contributed by atoms with Crippen LogP contribution in [0.4, 0.5) is 13.2 Å². The molecule has 0 saturated carbocycles. The third kappa shape index (κ3) is 4.48. The molecule has 0 bridgehead atoms. The molecule has 2 aromatic rings. The Morgan fingerprint density at radius 2 is 1.83 bits per heavy atom. The van der Waals surface area contributed by atoms with Crippen LogP contribution in [0.25, 0.3) is 0 Å². The van der Waals surface area contributed by atoms with Gasteiger partial charge in [0.15, 0.2) is 0 Å². The second-order valence-electron chi connectivity index (χ2n) is 5.25. The number of carbonyl (C=O) groups is 1. The molecular weight excluding hydrogens is 307 g/mol. The first-order chi connectivity index (χ1) is 10.8. The minimum Gasteiger partial charge on any atom is -0.508 e. The average molecular weight is 323 g/mol. The highest BCUT2D eigenvalue weighted by Gasteiger charge is 2.33. The number of rotatable bonds is 4. The Labute approximate surface area is 132 Å². The van der Waals surface area contributed by atoms with Crippen molar-refractivity contribution in [3.8, 4) is 5.75 Å². The highest BCUT2D eigenvalue weighted by Crippen LogP contribution is 2.32. The summed E-state index contributed by atoms with van der Waals surface area (Å²) in [5.74, 6) is -0.284. The van der Waals surface area contributed by atoms with Gasteiger partial charge in [-0.2, -0.15) is 13.2 Å². The maximum Gasteiger partial charge on any atom is 0.416 e. The van der Waals surface area contributed by atoms with Gasteiger partial charge in [-0.15, -0.1) is 0 Å². The van der Waals surface area contributed by atoms with Crippen molar-refractivity contribution in [1.29, 1.82) is 0 Å². The molecule has 0 aliphatic heterocycles. The zero-order valence-electron chi connectivity index (χ0n) is 12.5. The van der Waals surface area contributed by atoms with E-state index in [4.69, 9.17) is 0 Å². The van der Waals surface area contributed by atoms with E-state index >= 15 is 0 Å². The Morgan fingerprint density at radius 3 is 2.48 bits per heavy atom. The standard InChI is InChI=1S/C17H16F3NO2/c1-21(16(23)10-12-5-4-7-14(22)9-12)11-13-6-2-3-8-15(13)17(18,19)20/h2-9,22H,10-11H2,1H3. The minimum atomic E-state index is -4.45. The van der Waals surface area contributed by atoms with Gasteiger partial charge in [-0.25, -0.2) is 0 Å². The van der Waals surface area contributed by atoms with Gasteiger partial charge in [0.2, 0.25) is 5.91 Å². The van der Waals surface area contributed by atoms with E-state index in [0.717, 1.165) is 6.07 Å². The zero-order valence-corrected chi connectivity index (χ0v) is 12.5. The first-order valence-corrected chi connectivity index (χ1v) is 6.94. The summed E-state index contributed by atoms with van der Waals surface area (Å²) in [6, 6.07) is 11.4. The van der Waals surface area contributed by atoms with E-state index in [2.05, 4.69) is 0 Å². The van der Waals surface area contributed by atoms with Gasteiger partial charge < -0.3 is 10.0 Å². The number of carbonyl (C=O) groups excluding carboxylic acids is 1. The van der Waals surface area contributed by atoms with E-state index in [9.17, 15) is 23.1 Å². The van der Waals surface area contributed by atoms with Crippen LogP contribution < -0.4 is 0 Å². The number of hydrogen-bond donors (Lipinski definition) is 1. The highest BCUT2D eigenvalue weighted by molar-refractivity contribution is 5.78. The third-order valence-electron chi connectivity index (χ3n) is 3.42. The molecule has 0 aliphatic carbocycles. The van der Waals surface area contributed by atoms with Gasteiger partial charge in [-0.1, -0.05) is 30.3 Å². The molecule has 0 unspecified atom stereocenters. The van der Waals surface area contributed by atoms with Crippen molar-refractivity contribution in [1.82, 2.24) is 4.90 Å². The van der Waals surface area contributed by atoms with Crippen LogP contribution in [0.1, 0.15) is 16.7 Å². The predicted octanol–water partition coefficient (Wildman–Crippen LogP) is 3.61. The molecule has 0 fully saturated rings. The largest absolute Gasteiger partial charge is 0.508 e. The number of aromatic hydroxyl groups is 1. The lowest BCUT2D eigenvalue weighted by molar-refractivity contribution is -0.139. The number of phenolic OH excluding ortho intramolecular Hbond substituents is 1. The molecule has 23 heavy (non-hydrogen) atoms. The van der Waals surface area contributed by atoms with Crippen LogP contribution in [0.5, 0.6) is 5.75 Å². The summed E-state index contributed by atoms with van der Waals surface area (Å²) in [7, 11) is 1.46. The third-order valence-corrected chi connectivity index (χ3v) is 3.42. The average Bonchev–Trinajstić information content (AvgIpc) is 2.46. The van der Waals surface area contributed by atoms with Crippen LogP contribution in [0, 0.1) is 0 Å². The first-order valence-electron chi connectivity index (χ1n) is 6.94. The molecule has 2 rings (SSSR count). The number of nitrogens with zero attached hydrogens (tertiary/aromatic N) is 1. The lowest BCUT2D eigenvalue weighted by Crippen LogP contribution is -2.28. The Hall–Kier alpha value is -2.50. The van der Waals surface area contributed by atoms with Gasteiger partial charge in [-0.3, -0.25) is 4.79 Å². The van der Waals surface area contributed by atoms with Gasteiger partial charge in [0, 0.05) is 13.6 Å². The van der Waals surface area contributed by atoms with Crippen LogP contribution in [-0.2, 0) is 23.9 Å². The quantitative estimate of drug-likeness (QED) is 0.934. The van der Waals surface area contributed by atoms with Crippen LogP contribution in [0.15, 0.2) is 48.5 Å². The molecule has 2 aromatic carbocycles. The summed E-state index contributed by atoms with van der Waals surface area (Å²) in [6.07, 6.45) is -4.44. The van der Waals surface area contributed by atoms with Crippen molar-refractivity contribution < 1.29 is 23.1 Å². The van der Waals surface area contributed by atoms with E-state index in [1.807, 2.05) is 0 Å². The summed E-state index contributed by atoms with van der Waals surface area (Å²) >= 11 is 0. The van der Waals surface area contributed by atoms with Crippen molar-refractivity contribution >= 4 is 5.91 Å². The van der Waals surface area contributed by atoms with E-state index in [1.165, 1.54) is 42.3 Å². The van der Waals surface area contributed by atoms with Crippen molar-refractivity contribution in [3.63, 3.8) is 0 Å². The molecule has 0 atom stereocenters. The monoisotopic (exact) mass is 323 g/mol. The molecule has 1 N–H and O–H groups in total. The van der Waals surface area contributed by atoms with Crippen molar-refractivity contribution in [2.24, 2.45) is 0 Å². The number of amides is 1. The van der Waals surface area contributed by atoms with E-state index in [1.54, 1.807) is 12.1 Å². The molecule has 0 aliphatic rings. The lowest BCUT2D eigenvalue weighted by atomic mass is 10.1. The topological polar surface area (TPSA) is 40.5 Å². The Morgan fingerprint density at radius 1 is 1.13 bits per heavy atom. The summed E-state index contributed by atoms with van der Waals surface area (Å²) in [5, 5.41) is 9.38. The van der Waals surface area contributed by atoms with Gasteiger partial charge in [0.05, 0.1) is 12.0 Å². The molecule has 0 spiro atoms. The van der Waals surface area contributed by atoms with Gasteiger partial charge in [0.25, 0.3) is 0 Å². The molecule has 0 saturated heterocycles. The lowest BCUT2D eigenvalue weighted by Gasteiger charge is -2.20. The maximum absolute atomic E-state index is 13.0. The molecule has 0 heterocycles. The first kappa shape index (κ1) is 16.9. The number of hydrogen-bond acceptors (Lipinski definition) is 2. The maximum atomic E-state index is 13.0. The molecule has 6 heteroatoms. The van der Waals surface area contributed by atoms with Crippen molar-refractivity contribution in [3.05, 3.63) is 65.2 Å². The number of benzene rings is 2. The highest BCUT2D eigenvalue weighted by atomic mass is 19.4. The number of halogens is 3. The fourth-order valence-corrected chi connectivity index (χ4v) is 2.25. The van der Waals surface area contributed by atoms with E-state index in [-0.39, 0.29) is 30.2 Å². The van der Waals surface area contributed by atoms with Crippen LogP contribution in [0.2, 0.25) is 0 Å². The second-order valence-corrected chi connectivity index (χ2v) is 5.25. The molecule has 3 nitrogen and oxygen atoms in total. The van der Waals surface area contributed by atoms with Crippen LogP contribution in [0.3, 0.4) is 0 Å². The Bertz CT molecular complexity index is 698. The fourth-order valence-electron chi connectivity index (χ4n) is 2.25. The molecule has 1 amide bonds. The van der Waals surface area contributed by atoms with Crippen molar-refractivity contribution in [2.75, 3.05) is 7.05 Å². The van der Waals surface area contributed by atoms with Crippen LogP contribution >= 0.6 is 0 Å². The molecular formula is C17H16F3NO2. The minimum absolute atomic E-state index is 0.0130. The van der Waals surface area contributed by atoms with Gasteiger partial charge >= 0.3 is 6.18 Å².